The summed E-state index contributed by atoms with van der Waals surface area (Å²) in [5.41, 5.74) is 2.32. The minimum Gasteiger partial charge on any atom is -0.481 e. The number of carbonyl (C=O) groups is 1. The average Bonchev–Trinajstić information content (AvgIpc) is 2.46. The van der Waals surface area contributed by atoms with Crippen LogP contribution in [0.1, 0.15) is 25.8 Å². The Bertz CT molecular complexity index is 603. The van der Waals surface area contributed by atoms with Crippen LogP contribution in [0.3, 0.4) is 0 Å². The third-order valence-electron chi connectivity index (χ3n) is 3.64. The molecule has 0 bridgehead atoms. The minimum atomic E-state index is -0.748. The van der Waals surface area contributed by atoms with E-state index in [0.29, 0.717) is 6.42 Å². The van der Waals surface area contributed by atoms with E-state index in [1.807, 2.05) is 6.07 Å². The van der Waals surface area contributed by atoms with Gasteiger partial charge in [0.1, 0.15) is 0 Å². The quantitative estimate of drug-likeness (QED) is 0.870. The van der Waals surface area contributed by atoms with Crippen molar-refractivity contribution < 1.29 is 9.90 Å². The third kappa shape index (κ3) is 3.29. The molecule has 0 aliphatic heterocycles. The van der Waals surface area contributed by atoms with E-state index in [0.717, 1.165) is 18.7 Å². The lowest BCUT2D eigenvalue weighted by molar-refractivity contribution is -0.136. The molecule has 0 spiro atoms. The maximum Gasteiger partial charge on any atom is 0.303 e. The largest absolute Gasteiger partial charge is 0.481 e. The number of fused-ring (bicyclic) bond motifs is 1. The monoisotopic (exact) mass is 271 g/mol. The lowest BCUT2D eigenvalue weighted by Crippen LogP contribution is -2.21. The third-order valence-corrected chi connectivity index (χ3v) is 3.64. The zero-order valence-corrected chi connectivity index (χ0v) is 12.1. The maximum atomic E-state index is 10.6. The summed E-state index contributed by atoms with van der Waals surface area (Å²) in [5.74, 6) is -0.748. The van der Waals surface area contributed by atoms with Crippen LogP contribution in [0.2, 0.25) is 0 Å². The average molecular weight is 271 g/mol. The van der Waals surface area contributed by atoms with Crippen molar-refractivity contribution in [2.24, 2.45) is 0 Å². The molecule has 2 aromatic carbocycles. The van der Waals surface area contributed by atoms with E-state index >= 15 is 0 Å². The summed E-state index contributed by atoms with van der Waals surface area (Å²) < 4.78 is 0. The molecule has 0 heterocycles. The van der Waals surface area contributed by atoms with Crippen molar-refractivity contribution in [3.8, 4) is 0 Å². The van der Waals surface area contributed by atoms with Crippen LogP contribution < -0.4 is 4.90 Å². The Labute approximate surface area is 119 Å². The summed E-state index contributed by atoms with van der Waals surface area (Å²) in [6.45, 7) is 6.31. The molecule has 0 aliphatic rings. The van der Waals surface area contributed by atoms with Crippen LogP contribution >= 0.6 is 0 Å². The summed E-state index contributed by atoms with van der Waals surface area (Å²) in [6, 6.07) is 12.6. The van der Waals surface area contributed by atoms with Crippen molar-refractivity contribution in [1.82, 2.24) is 0 Å². The van der Waals surface area contributed by atoms with Gasteiger partial charge in [0.2, 0.25) is 0 Å². The first kappa shape index (κ1) is 14.4. The highest BCUT2D eigenvalue weighted by atomic mass is 16.4. The van der Waals surface area contributed by atoms with Gasteiger partial charge < -0.3 is 10.0 Å². The molecule has 2 rings (SSSR count). The van der Waals surface area contributed by atoms with E-state index in [9.17, 15) is 4.79 Å². The number of carboxylic acids is 1. The van der Waals surface area contributed by atoms with Gasteiger partial charge in [-0.25, -0.2) is 0 Å². The van der Waals surface area contributed by atoms with Crippen molar-refractivity contribution in [2.45, 2.75) is 26.7 Å². The fraction of sp³-hybridized carbons (Fsp3) is 0.353. The Morgan fingerprint density at radius 2 is 1.70 bits per heavy atom. The second-order valence-corrected chi connectivity index (χ2v) is 4.93. The van der Waals surface area contributed by atoms with E-state index in [4.69, 9.17) is 5.11 Å². The van der Waals surface area contributed by atoms with Crippen molar-refractivity contribution in [3.63, 3.8) is 0 Å². The number of hydrogen-bond acceptors (Lipinski definition) is 2. The second-order valence-electron chi connectivity index (χ2n) is 4.93. The van der Waals surface area contributed by atoms with Gasteiger partial charge in [0.05, 0.1) is 0 Å². The van der Waals surface area contributed by atoms with Gasteiger partial charge in [0.25, 0.3) is 0 Å². The molecule has 0 saturated heterocycles. The highest BCUT2D eigenvalue weighted by Crippen LogP contribution is 2.23. The standard InChI is InChI=1S/C17H21NO2/c1-3-18(4-2)16-9-8-14-11-13(6-10-17(19)20)5-7-15(14)12-16/h5,7-9,11-12H,3-4,6,10H2,1-2H3,(H,19,20). The summed E-state index contributed by atoms with van der Waals surface area (Å²) in [5, 5.41) is 11.1. The van der Waals surface area contributed by atoms with Crippen molar-refractivity contribution in [3.05, 3.63) is 42.0 Å². The first-order valence-corrected chi connectivity index (χ1v) is 7.13. The normalized spacial score (nSPS) is 10.7. The Morgan fingerprint density at radius 3 is 2.35 bits per heavy atom. The number of aryl methyl sites for hydroxylation is 1. The molecule has 20 heavy (non-hydrogen) atoms. The highest BCUT2D eigenvalue weighted by Gasteiger charge is 2.04. The van der Waals surface area contributed by atoms with Crippen LogP contribution in [0.25, 0.3) is 10.8 Å². The molecule has 0 radical (unpaired) electrons. The summed E-state index contributed by atoms with van der Waals surface area (Å²) in [4.78, 5) is 12.9. The molecule has 3 heteroatoms. The van der Waals surface area contributed by atoms with Gasteiger partial charge in [-0.15, -0.1) is 0 Å². The number of anilines is 1. The number of rotatable bonds is 6. The zero-order chi connectivity index (χ0) is 14.5. The van der Waals surface area contributed by atoms with Gasteiger partial charge >= 0.3 is 5.97 Å². The number of nitrogens with zero attached hydrogens (tertiary/aromatic N) is 1. The lowest BCUT2D eigenvalue weighted by atomic mass is 10.0. The zero-order valence-electron chi connectivity index (χ0n) is 12.1. The van der Waals surface area contributed by atoms with Gasteiger partial charge in [0, 0.05) is 25.2 Å². The van der Waals surface area contributed by atoms with Crippen LogP contribution in [0.15, 0.2) is 36.4 Å². The maximum absolute atomic E-state index is 10.6. The van der Waals surface area contributed by atoms with E-state index < -0.39 is 5.97 Å². The summed E-state index contributed by atoms with van der Waals surface area (Å²) in [7, 11) is 0. The predicted molar refractivity (Wildman–Crippen MR) is 83.5 cm³/mol. The van der Waals surface area contributed by atoms with E-state index in [1.54, 1.807) is 0 Å². The van der Waals surface area contributed by atoms with Crippen molar-refractivity contribution in [1.29, 1.82) is 0 Å². The molecular formula is C17H21NO2. The van der Waals surface area contributed by atoms with Gasteiger partial charge in [-0.05, 0) is 48.7 Å². The smallest absolute Gasteiger partial charge is 0.303 e. The molecule has 3 nitrogen and oxygen atoms in total. The number of aliphatic carboxylic acids is 1. The molecular weight excluding hydrogens is 250 g/mol. The molecule has 0 aromatic heterocycles. The van der Waals surface area contributed by atoms with Gasteiger partial charge in [0.15, 0.2) is 0 Å². The molecule has 2 aromatic rings. The number of benzene rings is 2. The Balaban J connectivity index is 2.27. The fourth-order valence-electron chi connectivity index (χ4n) is 2.47. The highest BCUT2D eigenvalue weighted by molar-refractivity contribution is 5.86. The first-order valence-electron chi connectivity index (χ1n) is 7.13. The van der Waals surface area contributed by atoms with E-state index in [2.05, 4.69) is 49.1 Å². The first-order chi connectivity index (χ1) is 9.63. The van der Waals surface area contributed by atoms with Gasteiger partial charge in [-0.2, -0.15) is 0 Å². The topological polar surface area (TPSA) is 40.5 Å². The molecule has 0 unspecified atom stereocenters. The lowest BCUT2D eigenvalue weighted by Gasteiger charge is -2.21. The minimum absolute atomic E-state index is 0.184. The summed E-state index contributed by atoms with van der Waals surface area (Å²) >= 11 is 0. The number of hydrogen-bond donors (Lipinski definition) is 1. The fourth-order valence-corrected chi connectivity index (χ4v) is 2.47. The van der Waals surface area contributed by atoms with Crippen LogP contribution in [-0.2, 0) is 11.2 Å². The molecule has 0 atom stereocenters. The molecule has 0 saturated carbocycles. The van der Waals surface area contributed by atoms with Crippen LogP contribution in [0.5, 0.6) is 0 Å². The number of carboxylic acid groups (broad SMARTS) is 1. The van der Waals surface area contributed by atoms with Crippen LogP contribution in [0.4, 0.5) is 5.69 Å². The van der Waals surface area contributed by atoms with Crippen molar-refractivity contribution in [2.75, 3.05) is 18.0 Å². The molecule has 0 aliphatic carbocycles. The Kier molecular flexibility index (Phi) is 4.61. The van der Waals surface area contributed by atoms with Crippen LogP contribution in [0, 0.1) is 0 Å². The van der Waals surface area contributed by atoms with Crippen LogP contribution in [-0.4, -0.2) is 24.2 Å². The molecule has 0 fully saturated rings. The second kappa shape index (κ2) is 6.42. The van der Waals surface area contributed by atoms with Gasteiger partial charge in [-0.3, -0.25) is 4.79 Å². The molecule has 1 N–H and O–H groups in total. The predicted octanol–water partition coefficient (Wildman–Crippen LogP) is 3.70. The summed E-state index contributed by atoms with van der Waals surface area (Å²) in [6.07, 6.45) is 0.770. The Hall–Kier alpha value is -2.03. The molecule has 106 valence electrons. The Morgan fingerprint density at radius 1 is 1.05 bits per heavy atom. The van der Waals surface area contributed by atoms with E-state index in [1.165, 1.54) is 16.5 Å². The van der Waals surface area contributed by atoms with Crippen molar-refractivity contribution >= 4 is 22.4 Å². The SMILES string of the molecule is CCN(CC)c1ccc2cc(CCC(=O)O)ccc2c1. The molecule has 0 amide bonds. The van der Waals surface area contributed by atoms with Gasteiger partial charge in [-0.1, -0.05) is 24.3 Å². The van der Waals surface area contributed by atoms with E-state index in [-0.39, 0.29) is 6.42 Å².